The van der Waals surface area contributed by atoms with Crippen LogP contribution in [0.25, 0.3) is 0 Å². The molecule has 1 saturated carbocycles. The third-order valence-electron chi connectivity index (χ3n) is 2.64. The van der Waals surface area contributed by atoms with Gasteiger partial charge in [-0.2, -0.15) is 0 Å². The van der Waals surface area contributed by atoms with Crippen LogP contribution in [0.5, 0.6) is 0 Å². The van der Waals surface area contributed by atoms with Gasteiger partial charge in [0.15, 0.2) is 0 Å². The summed E-state index contributed by atoms with van der Waals surface area (Å²) in [5.74, 6) is 1.00. The van der Waals surface area contributed by atoms with Crippen molar-refractivity contribution in [2.24, 2.45) is 0 Å². The number of hydrogen-bond acceptors (Lipinski definition) is 3. The Kier molecular flexibility index (Phi) is 3.22. The molecule has 0 saturated heterocycles. The Hall–Kier alpha value is -0.800. The van der Waals surface area contributed by atoms with Gasteiger partial charge in [-0.05, 0) is 31.9 Å². The van der Waals surface area contributed by atoms with Gasteiger partial charge < -0.3 is 14.5 Å². The number of nitrogens with one attached hydrogen (secondary N) is 1. The van der Waals surface area contributed by atoms with Gasteiger partial charge >= 0.3 is 0 Å². The highest BCUT2D eigenvalue weighted by Gasteiger charge is 2.28. The molecular formula is C11H17NO2. The molecule has 2 rings (SSSR count). The van der Waals surface area contributed by atoms with Gasteiger partial charge in [0.2, 0.25) is 0 Å². The molecule has 0 unspecified atom stereocenters. The second-order valence-corrected chi connectivity index (χ2v) is 3.71. The van der Waals surface area contributed by atoms with E-state index in [1.54, 1.807) is 6.26 Å². The van der Waals surface area contributed by atoms with E-state index in [9.17, 15) is 0 Å². The van der Waals surface area contributed by atoms with Crippen LogP contribution in [-0.2, 0) is 11.3 Å². The van der Waals surface area contributed by atoms with Crippen molar-refractivity contribution < 1.29 is 9.15 Å². The lowest BCUT2D eigenvalue weighted by Gasteiger charge is -2.35. The average molecular weight is 195 g/mol. The molecule has 1 N–H and O–H groups in total. The topological polar surface area (TPSA) is 34.4 Å². The SMILES string of the molecule is CCOC1CC(NCc2ccco2)C1. The summed E-state index contributed by atoms with van der Waals surface area (Å²) in [7, 11) is 0. The highest BCUT2D eigenvalue weighted by atomic mass is 16.5. The monoisotopic (exact) mass is 195 g/mol. The first-order valence-electron chi connectivity index (χ1n) is 5.26. The molecule has 3 heteroatoms. The Morgan fingerprint density at radius 2 is 2.43 bits per heavy atom. The van der Waals surface area contributed by atoms with Crippen LogP contribution in [0.15, 0.2) is 22.8 Å². The molecule has 0 aromatic carbocycles. The Bertz CT molecular complexity index is 252. The summed E-state index contributed by atoms with van der Waals surface area (Å²) in [6.07, 6.45) is 4.46. The molecule has 0 aliphatic heterocycles. The quantitative estimate of drug-likeness (QED) is 0.779. The van der Waals surface area contributed by atoms with Crippen LogP contribution in [0, 0.1) is 0 Å². The lowest BCUT2D eigenvalue weighted by atomic mass is 9.89. The molecule has 78 valence electrons. The van der Waals surface area contributed by atoms with E-state index in [-0.39, 0.29) is 0 Å². The summed E-state index contributed by atoms with van der Waals surface area (Å²) in [6, 6.07) is 4.52. The van der Waals surface area contributed by atoms with Crippen molar-refractivity contribution in [3.8, 4) is 0 Å². The number of furan rings is 1. The molecule has 0 amide bonds. The van der Waals surface area contributed by atoms with Crippen LogP contribution in [0.3, 0.4) is 0 Å². The summed E-state index contributed by atoms with van der Waals surface area (Å²) in [4.78, 5) is 0. The first kappa shape index (κ1) is 9.74. The zero-order valence-electron chi connectivity index (χ0n) is 8.53. The maximum absolute atomic E-state index is 5.48. The van der Waals surface area contributed by atoms with Crippen molar-refractivity contribution in [2.75, 3.05) is 6.61 Å². The van der Waals surface area contributed by atoms with E-state index in [2.05, 4.69) is 5.32 Å². The van der Waals surface area contributed by atoms with Crippen LogP contribution >= 0.6 is 0 Å². The number of ether oxygens (including phenoxy) is 1. The van der Waals surface area contributed by atoms with E-state index < -0.39 is 0 Å². The van der Waals surface area contributed by atoms with Crippen molar-refractivity contribution >= 4 is 0 Å². The molecule has 1 heterocycles. The first-order valence-corrected chi connectivity index (χ1v) is 5.26. The van der Waals surface area contributed by atoms with Crippen molar-refractivity contribution in [3.05, 3.63) is 24.2 Å². The molecule has 1 aromatic heterocycles. The van der Waals surface area contributed by atoms with Gasteiger partial charge in [0.05, 0.1) is 18.9 Å². The molecule has 1 aromatic rings. The normalized spacial score (nSPS) is 26.1. The maximum Gasteiger partial charge on any atom is 0.117 e. The second-order valence-electron chi connectivity index (χ2n) is 3.71. The van der Waals surface area contributed by atoms with Crippen molar-refractivity contribution in [1.29, 1.82) is 0 Å². The Labute approximate surface area is 84.4 Å². The lowest BCUT2D eigenvalue weighted by Crippen LogP contribution is -2.45. The maximum atomic E-state index is 5.48. The van der Waals surface area contributed by atoms with Gasteiger partial charge in [-0.15, -0.1) is 0 Å². The predicted molar refractivity (Wildman–Crippen MR) is 54.0 cm³/mol. The zero-order chi connectivity index (χ0) is 9.80. The van der Waals surface area contributed by atoms with E-state index in [4.69, 9.17) is 9.15 Å². The van der Waals surface area contributed by atoms with Gasteiger partial charge in [0.25, 0.3) is 0 Å². The van der Waals surface area contributed by atoms with Gasteiger partial charge in [-0.25, -0.2) is 0 Å². The smallest absolute Gasteiger partial charge is 0.117 e. The van der Waals surface area contributed by atoms with E-state index >= 15 is 0 Å². The van der Waals surface area contributed by atoms with Crippen LogP contribution < -0.4 is 5.32 Å². The van der Waals surface area contributed by atoms with Crippen molar-refractivity contribution in [1.82, 2.24) is 5.32 Å². The Morgan fingerprint density at radius 1 is 1.57 bits per heavy atom. The van der Waals surface area contributed by atoms with Gasteiger partial charge in [-0.1, -0.05) is 0 Å². The second kappa shape index (κ2) is 4.62. The summed E-state index contributed by atoms with van der Waals surface area (Å²) < 4.78 is 10.7. The van der Waals surface area contributed by atoms with E-state index in [1.165, 1.54) is 0 Å². The Balaban J connectivity index is 1.61. The fraction of sp³-hybridized carbons (Fsp3) is 0.636. The van der Waals surface area contributed by atoms with Gasteiger partial charge in [0.1, 0.15) is 5.76 Å². The standard InChI is InChI=1S/C11H17NO2/c1-2-13-11-6-9(7-11)12-8-10-4-3-5-14-10/h3-5,9,11-12H,2,6-8H2,1H3. The summed E-state index contributed by atoms with van der Waals surface area (Å²) in [5.41, 5.74) is 0. The molecule has 1 aliphatic carbocycles. The van der Waals surface area contributed by atoms with Gasteiger partial charge in [-0.3, -0.25) is 0 Å². The molecule has 0 radical (unpaired) electrons. The predicted octanol–water partition coefficient (Wildman–Crippen LogP) is 1.94. The minimum Gasteiger partial charge on any atom is -0.468 e. The summed E-state index contributed by atoms with van der Waals surface area (Å²) in [6.45, 7) is 3.70. The van der Waals surface area contributed by atoms with Crippen LogP contribution in [0.1, 0.15) is 25.5 Å². The van der Waals surface area contributed by atoms with E-state index in [1.807, 2.05) is 19.1 Å². The van der Waals surface area contributed by atoms with Crippen LogP contribution in [0.2, 0.25) is 0 Å². The van der Waals surface area contributed by atoms with Crippen LogP contribution in [0.4, 0.5) is 0 Å². The molecular weight excluding hydrogens is 178 g/mol. The van der Waals surface area contributed by atoms with Crippen molar-refractivity contribution in [3.63, 3.8) is 0 Å². The fourth-order valence-corrected chi connectivity index (χ4v) is 1.76. The molecule has 3 nitrogen and oxygen atoms in total. The highest BCUT2D eigenvalue weighted by Crippen LogP contribution is 2.23. The fourth-order valence-electron chi connectivity index (χ4n) is 1.76. The lowest BCUT2D eigenvalue weighted by molar-refractivity contribution is -0.0105. The molecule has 1 aliphatic rings. The summed E-state index contributed by atoms with van der Waals surface area (Å²) in [5, 5.41) is 3.44. The molecule has 0 atom stereocenters. The average Bonchev–Trinajstić information content (AvgIpc) is 2.61. The van der Waals surface area contributed by atoms with Crippen molar-refractivity contribution in [2.45, 2.75) is 38.5 Å². The molecule has 14 heavy (non-hydrogen) atoms. The summed E-state index contributed by atoms with van der Waals surface area (Å²) >= 11 is 0. The third-order valence-corrected chi connectivity index (χ3v) is 2.64. The minimum atomic E-state index is 0.481. The molecule has 0 spiro atoms. The van der Waals surface area contributed by atoms with E-state index in [0.717, 1.165) is 31.8 Å². The highest BCUT2D eigenvalue weighted by molar-refractivity contribution is 4.98. The number of rotatable bonds is 5. The minimum absolute atomic E-state index is 0.481. The third kappa shape index (κ3) is 2.36. The van der Waals surface area contributed by atoms with Crippen LogP contribution in [-0.4, -0.2) is 18.8 Å². The largest absolute Gasteiger partial charge is 0.468 e. The zero-order valence-corrected chi connectivity index (χ0v) is 8.53. The Morgan fingerprint density at radius 3 is 3.07 bits per heavy atom. The van der Waals surface area contributed by atoms with E-state index in [0.29, 0.717) is 12.1 Å². The molecule has 0 bridgehead atoms. The molecule has 1 fully saturated rings. The first-order chi connectivity index (χ1) is 6.88. The number of hydrogen-bond donors (Lipinski definition) is 1. The van der Waals surface area contributed by atoms with Gasteiger partial charge in [0, 0.05) is 12.6 Å².